The zero-order valence-electron chi connectivity index (χ0n) is 9.47. The van der Waals surface area contributed by atoms with Gasteiger partial charge in [-0.05, 0) is 40.4 Å². The molecule has 0 aromatic carbocycles. The molecule has 0 heterocycles. The zero-order valence-corrected chi connectivity index (χ0v) is 9.47. The van der Waals surface area contributed by atoms with Gasteiger partial charge >= 0.3 is 0 Å². The summed E-state index contributed by atoms with van der Waals surface area (Å²) >= 11 is 0. The predicted molar refractivity (Wildman–Crippen MR) is 56.6 cm³/mol. The van der Waals surface area contributed by atoms with Crippen LogP contribution in [-0.4, -0.2) is 38.2 Å². The van der Waals surface area contributed by atoms with Gasteiger partial charge in [0.05, 0.1) is 6.61 Å². The van der Waals surface area contributed by atoms with E-state index < -0.39 is 0 Å². The first-order valence-corrected chi connectivity index (χ1v) is 5.22. The summed E-state index contributed by atoms with van der Waals surface area (Å²) in [5.41, 5.74) is 3.10. The Balaban J connectivity index is 3.53. The Morgan fingerprint density at radius 1 is 1.23 bits per heavy atom. The van der Waals surface area contributed by atoms with E-state index in [0.717, 1.165) is 19.6 Å². The molecule has 1 unspecified atom stereocenters. The van der Waals surface area contributed by atoms with Gasteiger partial charge in [0, 0.05) is 6.04 Å². The van der Waals surface area contributed by atoms with Crippen LogP contribution in [-0.2, 0) is 4.84 Å². The molecule has 0 aliphatic carbocycles. The van der Waals surface area contributed by atoms with Crippen molar-refractivity contribution in [3.05, 3.63) is 0 Å². The molecule has 80 valence electrons. The molecule has 0 bridgehead atoms. The molecule has 3 heteroatoms. The summed E-state index contributed by atoms with van der Waals surface area (Å²) in [6, 6.07) is 0.507. The lowest BCUT2D eigenvalue weighted by Crippen LogP contribution is -2.32. The van der Waals surface area contributed by atoms with Gasteiger partial charge in [0.1, 0.15) is 0 Å². The summed E-state index contributed by atoms with van der Waals surface area (Å²) in [6.07, 6.45) is 3.55. The van der Waals surface area contributed by atoms with Crippen LogP contribution in [0.25, 0.3) is 0 Å². The second-order valence-corrected chi connectivity index (χ2v) is 3.63. The highest BCUT2D eigenvalue weighted by Crippen LogP contribution is 2.02. The van der Waals surface area contributed by atoms with E-state index in [4.69, 9.17) is 4.84 Å². The number of rotatable bonds is 8. The lowest BCUT2D eigenvalue weighted by atomic mass is 10.1. The second-order valence-electron chi connectivity index (χ2n) is 3.63. The normalized spacial score (nSPS) is 13.6. The van der Waals surface area contributed by atoms with Crippen LogP contribution in [0.2, 0.25) is 0 Å². The van der Waals surface area contributed by atoms with Crippen molar-refractivity contribution in [2.75, 3.05) is 27.2 Å². The first-order valence-electron chi connectivity index (χ1n) is 5.22. The quantitative estimate of drug-likeness (QED) is 0.586. The van der Waals surface area contributed by atoms with Crippen molar-refractivity contribution < 1.29 is 4.84 Å². The topological polar surface area (TPSA) is 24.5 Å². The van der Waals surface area contributed by atoms with Crippen molar-refractivity contribution in [2.24, 2.45) is 0 Å². The van der Waals surface area contributed by atoms with Gasteiger partial charge in [-0.25, -0.2) is 0 Å². The molecule has 0 saturated carbocycles. The smallest absolute Gasteiger partial charge is 0.0654 e. The Labute approximate surface area is 82.4 Å². The van der Waals surface area contributed by atoms with Crippen LogP contribution >= 0.6 is 0 Å². The number of hydrogen-bond acceptors (Lipinski definition) is 3. The maximum atomic E-state index is 5.21. The van der Waals surface area contributed by atoms with Gasteiger partial charge in [-0.2, -0.15) is 5.48 Å². The highest BCUT2D eigenvalue weighted by atomic mass is 16.6. The SMILES string of the molecule is CCCC(CCN(C)C)NOCC. The molecule has 0 saturated heterocycles. The molecular weight excluding hydrogens is 164 g/mol. The van der Waals surface area contributed by atoms with Crippen molar-refractivity contribution in [3.63, 3.8) is 0 Å². The van der Waals surface area contributed by atoms with Gasteiger partial charge in [0.2, 0.25) is 0 Å². The maximum absolute atomic E-state index is 5.21. The molecule has 0 fully saturated rings. The van der Waals surface area contributed by atoms with E-state index in [0.29, 0.717) is 6.04 Å². The molecule has 13 heavy (non-hydrogen) atoms. The lowest BCUT2D eigenvalue weighted by Gasteiger charge is -2.19. The van der Waals surface area contributed by atoms with E-state index in [1.165, 1.54) is 12.8 Å². The summed E-state index contributed by atoms with van der Waals surface area (Å²) in [6.45, 7) is 6.06. The lowest BCUT2D eigenvalue weighted by molar-refractivity contribution is 0.0185. The monoisotopic (exact) mass is 188 g/mol. The fourth-order valence-electron chi connectivity index (χ4n) is 1.23. The van der Waals surface area contributed by atoms with Gasteiger partial charge < -0.3 is 9.74 Å². The van der Waals surface area contributed by atoms with Crippen LogP contribution in [0.5, 0.6) is 0 Å². The van der Waals surface area contributed by atoms with Crippen molar-refractivity contribution in [1.82, 2.24) is 10.4 Å². The van der Waals surface area contributed by atoms with Gasteiger partial charge in [-0.1, -0.05) is 13.3 Å². The van der Waals surface area contributed by atoms with Crippen LogP contribution in [0.3, 0.4) is 0 Å². The van der Waals surface area contributed by atoms with Gasteiger partial charge in [-0.15, -0.1) is 0 Å². The average molecular weight is 188 g/mol. The first kappa shape index (κ1) is 12.9. The van der Waals surface area contributed by atoms with Crippen LogP contribution < -0.4 is 5.48 Å². The molecule has 0 spiro atoms. The first-order chi connectivity index (χ1) is 6.20. The van der Waals surface area contributed by atoms with E-state index in [1.54, 1.807) is 0 Å². The molecule has 0 aliphatic rings. The van der Waals surface area contributed by atoms with E-state index in [-0.39, 0.29) is 0 Å². The minimum atomic E-state index is 0.507. The Hall–Kier alpha value is -0.120. The molecule has 0 amide bonds. The fraction of sp³-hybridized carbons (Fsp3) is 1.00. The number of nitrogens with one attached hydrogen (secondary N) is 1. The highest BCUT2D eigenvalue weighted by Gasteiger charge is 2.06. The molecule has 0 rings (SSSR count). The molecule has 1 atom stereocenters. The van der Waals surface area contributed by atoms with Crippen LogP contribution in [0.4, 0.5) is 0 Å². The minimum Gasteiger partial charge on any atom is -0.309 e. The predicted octanol–water partition coefficient (Wildman–Crippen LogP) is 1.65. The fourth-order valence-corrected chi connectivity index (χ4v) is 1.23. The maximum Gasteiger partial charge on any atom is 0.0654 e. The number of nitrogens with zero attached hydrogens (tertiary/aromatic N) is 1. The standard InChI is InChI=1S/C10H24N2O/c1-5-7-10(11-13-6-2)8-9-12(3)4/h10-11H,5-9H2,1-4H3. The van der Waals surface area contributed by atoms with E-state index in [9.17, 15) is 0 Å². The summed E-state index contributed by atoms with van der Waals surface area (Å²) < 4.78 is 0. The third-order valence-electron chi connectivity index (χ3n) is 1.96. The second kappa shape index (κ2) is 8.48. The van der Waals surface area contributed by atoms with Gasteiger partial charge in [-0.3, -0.25) is 0 Å². The van der Waals surface area contributed by atoms with Crippen molar-refractivity contribution >= 4 is 0 Å². The molecule has 3 nitrogen and oxygen atoms in total. The zero-order chi connectivity index (χ0) is 10.1. The van der Waals surface area contributed by atoms with Crippen LogP contribution in [0.15, 0.2) is 0 Å². The summed E-state index contributed by atoms with van der Waals surface area (Å²) in [7, 11) is 4.20. The van der Waals surface area contributed by atoms with Crippen molar-refractivity contribution in [1.29, 1.82) is 0 Å². The Bertz CT molecular complexity index is 107. The van der Waals surface area contributed by atoms with E-state index in [1.807, 2.05) is 6.92 Å². The van der Waals surface area contributed by atoms with Gasteiger partial charge in [0.15, 0.2) is 0 Å². The summed E-state index contributed by atoms with van der Waals surface area (Å²) in [5.74, 6) is 0. The van der Waals surface area contributed by atoms with E-state index >= 15 is 0 Å². The summed E-state index contributed by atoms with van der Waals surface area (Å²) in [4.78, 5) is 7.42. The van der Waals surface area contributed by atoms with Crippen molar-refractivity contribution in [2.45, 2.75) is 39.2 Å². The van der Waals surface area contributed by atoms with E-state index in [2.05, 4.69) is 31.4 Å². The van der Waals surface area contributed by atoms with Crippen LogP contribution in [0.1, 0.15) is 33.1 Å². The summed E-state index contributed by atoms with van der Waals surface area (Å²) in [5, 5.41) is 0. The molecule has 0 aliphatic heterocycles. The molecule has 0 aromatic rings. The third kappa shape index (κ3) is 8.22. The largest absolute Gasteiger partial charge is 0.309 e. The number of hydroxylamine groups is 1. The van der Waals surface area contributed by atoms with Crippen LogP contribution in [0, 0.1) is 0 Å². The average Bonchev–Trinajstić information content (AvgIpc) is 2.09. The van der Waals surface area contributed by atoms with Gasteiger partial charge in [0.25, 0.3) is 0 Å². The molecule has 0 aromatic heterocycles. The Morgan fingerprint density at radius 3 is 2.38 bits per heavy atom. The molecular formula is C10H24N2O. The third-order valence-corrected chi connectivity index (χ3v) is 1.96. The Kier molecular flexibility index (Phi) is 8.40. The van der Waals surface area contributed by atoms with Crippen molar-refractivity contribution in [3.8, 4) is 0 Å². The highest BCUT2D eigenvalue weighted by molar-refractivity contribution is 4.63. The minimum absolute atomic E-state index is 0.507. The number of hydrogen-bond donors (Lipinski definition) is 1. The Morgan fingerprint density at radius 2 is 1.92 bits per heavy atom. The molecule has 0 radical (unpaired) electrons. The molecule has 1 N–H and O–H groups in total.